The number of esters is 1. The first-order valence-electron chi connectivity index (χ1n) is 7.15. The van der Waals surface area contributed by atoms with Crippen molar-refractivity contribution in [2.45, 2.75) is 71.2 Å². The molecular formula is C15H26O4Si. The number of carbonyl (C=O) groups excluding carboxylic acids is 1. The van der Waals surface area contributed by atoms with Gasteiger partial charge >= 0.3 is 5.97 Å². The van der Waals surface area contributed by atoms with Crippen LogP contribution in [0.4, 0.5) is 0 Å². The SMILES string of the molecule is CCOC(=O)C[C@H]1C[C@@H](C#C[Si](C)(C)C)OC(C)(C)O1. The fourth-order valence-electron chi connectivity index (χ4n) is 2.02. The van der Waals surface area contributed by atoms with E-state index in [4.69, 9.17) is 14.2 Å². The molecule has 1 rings (SSSR count). The van der Waals surface area contributed by atoms with Crippen LogP contribution in [-0.2, 0) is 19.0 Å². The van der Waals surface area contributed by atoms with Gasteiger partial charge in [0.2, 0.25) is 0 Å². The third kappa shape index (κ3) is 6.55. The predicted octanol–water partition coefficient (Wildman–Crippen LogP) is 2.73. The molecule has 1 heterocycles. The van der Waals surface area contributed by atoms with Gasteiger partial charge in [0.1, 0.15) is 14.2 Å². The Balaban J connectivity index is 2.69. The predicted molar refractivity (Wildman–Crippen MR) is 80.8 cm³/mol. The Labute approximate surface area is 123 Å². The summed E-state index contributed by atoms with van der Waals surface area (Å²) in [5.74, 6) is 2.27. The van der Waals surface area contributed by atoms with Gasteiger partial charge in [-0.15, -0.1) is 5.54 Å². The quantitative estimate of drug-likeness (QED) is 0.456. The lowest BCUT2D eigenvalue weighted by Gasteiger charge is -2.38. The molecule has 1 saturated heterocycles. The number of hydrogen-bond acceptors (Lipinski definition) is 4. The van der Waals surface area contributed by atoms with E-state index >= 15 is 0 Å². The molecule has 0 N–H and O–H groups in total. The monoisotopic (exact) mass is 298 g/mol. The normalized spacial score (nSPS) is 25.5. The fourth-order valence-corrected chi connectivity index (χ4v) is 2.62. The summed E-state index contributed by atoms with van der Waals surface area (Å²) in [6, 6.07) is 0. The second kappa shape index (κ2) is 6.75. The van der Waals surface area contributed by atoms with Crippen molar-refractivity contribution in [1.29, 1.82) is 0 Å². The molecular weight excluding hydrogens is 272 g/mol. The van der Waals surface area contributed by atoms with E-state index < -0.39 is 13.9 Å². The minimum absolute atomic E-state index is 0.176. The summed E-state index contributed by atoms with van der Waals surface area (Å²) in [4.78, 5) is 11.6. The molecule has 0 bridgehead atoms. The standard InChI is InChI=1S/C15H26O4Si/c1-7-17-14(16)11-13-10-12(8-9-20(4,5)6)18-15(2,3)19-13/h12-13H,7,10-11H2,1-6H3/t12-,13-/m1/s1. The summed E-state index contributed by atoms with van der Waals surface area (Å²) < 4.78 is 16.6. The Bertz CT molecular complexity index is 400. The van der Waals surface area contributed by atoms with E-state index in [1.54, 1.807) is 6.92 Å². The largest absolute Gasteiger partial charge is 0.466 e. The van der Waals surface area contributed by atoms with Crippen LogP contribution >= 0.6 is 0 Å². The van der Waals surface area contributed by atoms with Crippen molar-refractivity contribution in [3.63, 3.8) is 0 Å². The lowest BCUT2D eigenvalue weighted by atomic mass is 10.1. The van der Waals surface area contributed by atoms with Crippen molar-refractivity contribution in [3.8, 4) is 11.5 Å². The van der Waals surface area contributed by atoms with E-state index in [2.05, 4.69) is 31.1 Å². The summed E-state index contributed by atoms with van der Waals surface area (Å²) in [6.07, 6.45) is 0.495. The Morgan fingerprint density at radius 3 is 2.55 bits per heavy atom. The molecule has 20 heavy (non-hydrogen) atoms. The first kappa shape index (κ1) is 17.2. The third-order valence-electron chi connectivity index (χ3n) is 2.66. The zero-order chi connectivity index (χ0) is 15.4. The fraction of sp³-hybridized carbons (Fsp3) is 0.800. The number of hydrogen-bond donors (Lipinski definition) is 0. The summed E-state index contributed by atoms with van der Waals surface area (Å²) in [5, 5.41) is 0. The van der Waals surface area contributed by atoms with Crippen molar-refractivity contribution >= 4 is 14.0 Å². The second-order valence-electron chi connectivity index (χ2n) is 6.51. The molecule has 114 valence electrons. The van der Waals surface area contributed by atoms with Gasteiger partial charge in [0.05, 0.1) is 19.1 Å². The Kier molecular flexibility index (Phi) is 5.81. The number of rotatable bonds is 3. The Morgan fingerprint density at radius 2 is 2.00 bits per heavy atom. The van der Waals surface area contributed by atoms with Crippen LogP contribution in [0.2, 0.25) is 19.6 Å². The first-order valence-corrected chi connectivity index (χ1v) is 10.7. The maximum absolute atomic E-state index is 11.6. The molecule has 0 radical (unpaired) electrons. The minimum atomic E-state index is -1.43. The van der Waals surface area contributed by atoms with Crippen LogP contribution in [0, 0.1) is 11.5 Å². The van der Waals surface area contributed by atoms with Gasteiger partial charge in [-0.2, -0.15) is 0 Å². The molecule has 0 aromatic rings. The van der Waals surface area contributed by atoms with Gasteiger partial charge in [-0.1, -0.05) is 25.6 Å². The first-order chi connectivity index (χ1) is 9.11. The van der Waals surface area contributed by atoms with Crippen LogP contribution in [0.3, 0.4) is 0 Å². The van der Waals surface area contributed by atoms with E-state index in [1.165, 1.54) is 0 Å². The van der Waals surface area contributed by atoms with Gasteiger partial charge in [-0.05, 0) is 20.8 Å². The Hall–Kier alpha value is -0.833. The van der Waals surface area contributed by atoms with Crippen molar-refractivity contribution in [2.24, 2.45) is 0 Å². The molecule has 1 aliphatic rings. The molecule has 1 fully saturated rings. The highest BCUT2D eigenvalue weighted by Crippen LogP contribution is 2.28. The summed E-state index contributed by atoms with van der Waals surface area (Å²) in [6.45, 7) is 12.5. The lowest BCUT2D eigenvalue weighted by molar-refractivity contribution is -0.288. The van der Waals surface area contributed by atoms with Gasteiger partial charge in [-0.3, -0.25) is 4.79 Å². The van der Waals surface area contributed by atoms with E-state index in [0.29, 0.717) is 13.0 Å². The molecule has 0 aliphatic carbocycles. The van der Waals surface area contributed by atoms with Gasteiger partial charge in [0.15, 0.2) is 5.79 Å². The Morgan fingerprint density at radius 1 is 1.35 bits per heavy atom. The van der Waals surface area contributed by atoms with Gasteiger partial charge in [-0.25, -0.2) is 0 Å². The van der Waals surface area contributed by atoms with Gasteiger partial charge in [0, 0.05) is 6.42 Å². The molecule has 0 amide bonds. The summed E-state index contributed by atoms with van der Waals surface area (Å²) in [5.41, 5.74) is 3.32. The second-order valence-corrected chi connectivity index (χ2v) is 11.3. The molecule has 4 nitrogen and oxygen atoms in total. The van der Waals surface area contributed by atoms with E-state index in [0.717, 1.165) is 0 Å². The highest BCUT2D eigenvalue weighted by Gasteiger charge is 2.36. The number of ether oxygens (including phenoxy) is 3. The minimum Gasteiger partial charge on any atom is -0.466 e. The molecule has 2 atom stereocenters. The van der Waals surface area contributed by atoms with Crippen molar-refractivity contribution in [3.05, 3.63) is 0 Å². The maximum Gasteiger partial charge on any atom is 0.308 e. The van der Waals surface area contributed by atoms with Crippen LogP contribution in [0.15, 0.2) is 0 Å². The van der Waals surface area contributed by atoms with Gasteiger partial charge in [0.25, 0.3) is 0 Å². The van der Waals surface area contributed by atoms with Crippen LogP contribution < -0.4 is 0 Å². The molecule has 0 unspecified atom stereocenters. The molecule has 0 aromatic carbocycles. The van der Waals surface area contributed by atoms with Crippen LogP contribution in [0.5, 0.6) is 0 Å². The maximum atomic E-state index is 11.6. The highest BCUT2D eigenvalue weighted by molar-refractivity contribution is 6.83. The molecule has 0 aromatic heterocycles. The third-order valence-corrected chi connectivity index (χ3v) is 3.56. The van der Waals surface area contributed by atoms with Gasteiger partial charge < -0.3 is 14.2 Å². The zero-order valence-electron chi connectivity index (χ0n) is 13.4. The average molecular weight is 298 g/mol. The summed E-state index contributed by atoms with van der Waals surface area (Å²) in [7, 11) is -1.43. The van der Waals surface area contributed by atoms with E-state index in [9.17, 15) is 4.79 Å². The topological polar surface area (TPSA) is 44.8 Å². The van der Waals surface area contributed by atoms with Crippen LogP contribution in [0.1, 0.15) is 33.6 Å². The molecule has 0 spiro atoms. The van der Waals surface area contributed by atoms with E-state index in [-0.39, 0.29) is 24.6 Å². The van der Waals surface area contributed by atoms with Crippen molar-refractivity contribution in [1.82, 2.24) is 0 Å². The molecule has 1 aliphatic heterocycles. The molecule has 5 heteroatoms. The van der Waals surface area contributed by atoms with Crippen LogP contribution in [0.25, 0.3) is 0 Å². The molecule has 0 saturated carbocycles. The highest BCUT2D eigenvalue weighted by atomic mass is 28.3. The smallest absolute Gasteiger partial charge is 0.308 e. The zero-order valence-corrected chi connectivity index (χ0v) is 14.4. The van der Waals surface area contributed by atoms with Crippen molar-refractivity contribution < 1.29 is 19.0 Å². The van der Waals surface area contributed by atoms with Crippen LogP contribution in [-0.4, -0.2) is 38.6 Å². The average Bonchev–Trinajstić information content (AvgIpc) is 2.23. The van der Waals surface area contributed by atoms with E-state index in [1.807, 2.05) is 13.8 Å². The summed E-state index contributed by atoms with van der Waals surface area (Å²) >= 11 is 0. The van der Waals surface area contributed by atoms with Crippen molar-refractivity contribution in [2.75, 3.05) is 6.61 Å². The lowest BCUT2D eigenvalue weighted by Crippen LogP contribution is -2.45. The number of carbonyl (C=O) groups is 1.